The van der Waals surface area contributed by atoms with E-state index in [1.807, 2.05) is 0 Å². The van der Waals surface area contributed by atoms with E-state index in [1.54, 1.807) is 58.9 Å². The number of carbonyl (C=O) groups is 6. The highest BCUT2D eigenvalue weighted by Crippen LogP contribution is 2.57. The number of benzene rings is 6. The first-order valence-electron chi connectivity index (χ1n) is 37.0. The zero-order valence-electron chi connectivity index (χ0n) is 62.9. The SMILES string of the molecule is CC[C@]1(O)Cc2c(O)c3c(c(O)c2[C@@H](OC2CC(N)C(O)C(C)O2)C1)C(=N)c1c(OC)cccc1C3=O.CC[C@]1(O)Cc2c(O)c3c(c(O)c2[C@@H](OC2CC(N)C(O)C(C)O2)C1)C(=O)c1c(OC)cccc1C3=O.COc1cccc2c1C(=O)c1c(O)c3c(c(O)c1C2=O)C[C@@](O)(C(C)=O)C[C@@H]3OC1CC(N)C(O)C(C)O1. The van der Waals surface area contributed by atoms with Gasteiger partial charge in [-0.15, -0.1) is 0 Å². The highest BCUT2D eigenvalue weighted by molar-refractivity contribution is 6.34. The Morgan fingerprint density at radius 1 is 0.446 bits per heavy atom. The van der Waals surface area contributed by atoms with E-state index in [1.165, 1.54) is 58.6 Å². The van der Waals surface area contributed by atoms with Gasteiger partial charge in [0.05, 0.1) is 143 Å². The molecule has 0 spiro atoms. The second kappa shape index (κ2) is 30.2. The number of fused-ring (bicyclic) bond motifs is 9. The number of phenolic OH excluding ortho intramolecular Hbond substituents is 6. The van der Waals surface area contributed by atoms with Crippen molar-refractivity contribution in [3.63, 3.8) is 0 Å². The molecule has 0 amide bonds. The molecule has 18 atom stereocenters. The first kappa shape index (κ1) is 80.7. The Labute approximate surface area is 641 Å². The molecule has 31 nitrogen and oxygen atoms in total. The Hall–Kier alpha value is -9.39. The summed E-state index contributed by atoms with van der Waals surface area (Å²) in [6.07, 6.45) is -10.1. The minimum absolute atomic E-state index is 0.000101. The van der Waals surface area contributed by atoms with E-state index >= 15 is 0 Å². The molecular weight excluding hydrogens is 1460 g/mol. The summed E-state index contributed by atoms with van der Waals surface area (Å²) in [5.41, 5.74) is 12.5. The maximum Gasteiger partial charge on any atom is 0.202 e. The molecule has 112 heavy (non-hydrogen) atoms. The molecule has 6 aliphatic carbocycles. The molecule has 598 valence electrons. The topological polar surface area (TPSA) is 530 Å². The number of hydrogen-bond acceptors (Lipinski definition) is 31. The number of methoxy groups -OCH3 is 3. The summed E-state index contributed by atoms with van der Waals surface area (Å²) in [5, 5.41) is 142. The number of nitrogens with one attached hydrogen (secondary N) is 1. The van der Waals surface area contributed by atoms with Gasteiger partial charge in [0.1, 0.15) is 57.3 Å². The molecule has 3 fully saturated rings. The monoisotopic (exact) mass is 1550 g/mol. The number of aliphatic hydroxyl groups is 6. The van der Waals surface area contributed by atoms with Crippen LogP contribution >= 0.6 is 0 Å². The smallest absolute Gasteiger partial charge is 0.202 e. The number of ketones is 6. The van der Waals surface area contributed by atoms with Gasteiger partial charge in [-0.25, -0.2) is 0 Å². The third-order valence-electron chi connectivity index (χ3n) is 23.6. The molecule has 3 aliphatic heterocycles. The van der Waals surface area contributed by atoms with Crippen molar-refractivity contribution in [2.24, 2.45) is 17.2 Å². The fourth-order valence-corrected chi connectivity index (χ4v) is 17.2. The van der Waals surface area contributed by atoms with Crippen molar-refractivity contribution in [2.45, 2.75) is 221 Å². The fourth-order valence-electron chi connectivity index (χ4n) is 17.2. The van der Waals surface area contributed by atoms with E-state index in [4.69, 9.17) is 65.2 Å². The molecule has 15 rings (SSSR count). The van der Waals surface area contributed by atoms with E-state index in [9.17, 15) is 90.0 Å². The van der Waals surface area contributed by atoms with Gasteiger partial charge >= 0.3 is 0 Å². The lowest BCUT2D eigenvalue weighted by Gasteiger charge is -2.42. The Balaban J connectivity index is 0.000000147. The number of nitrogens with two attached hydrogens (primary N) is 3. The highest BCUT2D eigenvalue weighted by atomic mass is 16.7. The second-order valence-electron chi connectivity index (χ2n) is 30.4. The zero-order valence-corrected chi connectivity index (χ0v) is 62.9. The van der Waals surface area contributed by atoms with Crippen LogP contribution in [0.2, 0.25) is 0 Å². The third kappa shape index (κ3) is 13.4. The lowest BCUT2D eigenvalue weighted by atomic mass is 9.72. The third-order valence-corrected chi connectivity index (χ3v) is 23.6. The van der Waals surface area contributed by atoms with Crippen LogP contribution in [0.25, 0.3) is 0 Å². The lowest BCUT2D eigenvalue weighted by Crippen LogP contribution is -2.52. The Morgan fingerprint density at radius 3 is 1.06 bits per heavy atom. The Morgan fingerprint density at radius 2 is 0.741 bits per heavy atom. The van der Waals surface area contributed by atoms with Gasteiger partial charge in [0.2, 0.25) is 11.6 Å². The predicted octanol–water partition coefficient (Wildman–Crippen LogP) is 4.91. The average molecular weight is 1550 g/mol. The molecule has 31 heteroatoms. The van der Waals surface area contributed by atoms with Crippen molar-refractivity contribution in [2.75, 3.05) is 21.3 Å². The molecule has 6 aromatic rings. The van der Waals surface area contributed by atoms with Crippen LogP contribution in [-0.2, 0) is 52.5 Å². The van der Waals surface area contributed by atoms with Gasteiger partial charge < -0.3 is 121 Å². The van der Waals surface area contributed by atoms with Gasteiger partial charge in [-0.05, 0) is 58.7 Å². The molecule has 9 aliphatic rings. The van der Waals surface area contributed by atoms with Crippen molar-refractivity contribution >= 4 is 40.4 Å². The quantitative estimate of drug-likeness (QED) is 0.0722. The number of carbonyl (C=O) groups excluding carboxylic acids is 6. The molecule has 6 aromatic carbocycles. The number of rotatable bonds is 12. The van der Waals surface area contributed by atoms with Crippen molar-refractivity contribution in [3.8, 4) is 51.7 Å². The molecule has 0 radical (unpaired) electrons. The zero-order chi connectivity index (χ0) is 81.3. The van der Waals surface area contributed by atoms with E-state index in [0.29, 0.717) is 18.6 Å². The van der Waals surface area contributed by atoms with Crippen LogP contribution < -0.4 is 31.4 Å². The molecule has 3 saturated heterocycles. The van der Waals surface area contributed by atoms with Crippen LogP contribution in [0.1, 0.15) is 235 Å². The minimum atomic E-state index is -2.00. The fraction of sp³-hybridized carbons (Fsp3) is 0.469. The lowest BCUT2D eigenvalue weighted by molar-refractivity contribution is -0.248. The molecule has 19 N–H and O–H groups in total. The van der Waals surface area contributed by atoms with Crippen LogP contribution in [0.4, 0.5) is 0 Å². The number of phenols is 6. The normalized spacial score (nSPS) is 30.7. The van der Waals surface area contributed by atoms with Crippen molar-refractivity contribution in [3.05, 3.63) is 155 Å². The van der Waals surface area contributed by atoms with E-state index in [2.05, 4.69) is 0 Å². The molecule has 12 unspecified atom stereocenters. The van der Waals surface area contributed by atoms with Crippen LogP contribution in [0.3, 0.4) is 0 Å². The Bertz CT molecular complexity index is 4680. The van der Waals surface area contributed by atoms with Gasteiger partial charge in [0.25, 0.3) is 0 Å². The molecule has 0 bridgehead atoms. The molecular formula is C81H92N4O27. The molecule has 0 saturated carbocycles. The number of ether oxygens (including phenoxy) is 9. The number of hydrogen-bond donors (Lipinski definition) is 16. The molecule has 3 heterocycles. The van der Waals surface area contributed by atoms with Crippen LogP contribution in [0.15, 0.2) is 54.6 Å². The van der Waals surface area contributed by atoms with Crippen LogP contribution in [0, 0.1) is 5.41 Å². The first-order valence-corrected chi connectivity index (χ1v) is 37.0. The van der Waals surface area contributed by atoms with E-state index in [0.717, 1.165) is 0 Å². The van der Waals surface area contributed by atoms with E-state index in [-0.39, 0.29) is 163 Å². The van der Waals surface area contributed by atoms with Crippen molar-refractivity contribution in [1.82, 2.24) is 0 Å². The largest absolute Gasteiger partial charge is 0.507 e. The summed E-state index contributed by atoms with van der Waals surface area (Å²) in [6, 6.07) is 11.9. The van der Waals surface area contributed by atoms with Crippen molar-refractivity contribution in [1.29, 1.82) is 5.41 Å². The van der Waals surface area contributed by atoms with Gasteiger partial charge in [-0.1, -0.05) is 50.2 Å². The maximum absolute atomic E-state index is 13.6. The molecule has 0 aromatic heterocycles. The van der Waals surface area contributed by atoms with Gasteiger partial charge in [-0.2, -0.15) is 0 Å². The summed E-state index contributed by atoms with van der Waals surface area (Å²) in [6.45, 7) is 9.70. The summed E-state index contributed by atoms with van der Waals surface area (Å²) in [7, 11) is 4.14. The number of aromatic hydroxyl groups is 6. The number of Topliss-reactive ketones (excluding diaryl/α,β-unsaturated/α-hetero) is 1. The second-order valence-corrected chi connectivity index (χ2v) is 30.4. The average Bonchev–Trinajstić information content (AvgIpc) is 0.722. The first-order chi connectivity index (χ1) is 52.9. The summed E-state index contributed by atoms with van der Waals surface area (Å²) in [5.74, 6) is -6.29. The standard InChI is InChI=1S/C27H32N2O8.C27H29NO10.C27H31NO9/c1-4-27(34)9-13-19(16(10-27)37-17-8-14(28)23(30)11(2)36-17)26(33)20-21(25(13)32)24(31)12-6-5-7-15(35-3)18(12)22(20)29;1-10-22(30)14(28)7-17(37-10)38-16-9-27(35,11(2)29)8-13-19(16)26(34)21-20(24(13)32)23(31)12-5-4-6-15(36-3)18(12)25(21)33;1-4-27(34)9-13-19(16(10-27)37-17-8-14(28)22(29)11(2)36-17)26(33)21-20(24(13)31)23(30)12-6-5-7-15(35-3)18(12)25(21)32/h5-7,11,14,16-17,23,29-30,32-34H,4,8-10,28H2,1-3H3;4-6,10,14,16-17,22,30,32,34-35H,7-9,28H2,1-3H3;5-7,11,14,16-17,22,29,31,33-34H,4,8-10,28H2,1-3H3/t11?,14?,16-,17?,23?,27-;10?,14?,16-,17?,22?,27-;11?,14?,16-,17?,22?,27-/m000/s1. The maximum atomic E-state index is 13.6. The summed E-state index contributed by atoms with van der Waals surface area (Å²) >= 11 is 0. The predicted molar refractivity (Wildman–Crippen MR) is 393 cm³/mol. The van der Waals surface area contributed by atoms with Gasteiger partial charge in [0.15, 0.2) is 42.0 Å². The minimum Gasteiger partial charge on any atom is -0.507 e. The van der Waals surface area contributed by atoms with Gasteiger partial charge in [-0.3, -0.25) is 34.2 Å². The number of aliphatic hydroxyl groups excluding tert-OH is 3. The highest BCUT2D eigenvalue weighted by Gasteiger charge is 2.53. The van der Waals surface area contributed by atoms with E-state index < -0.39 is 190 Å². The summed E-state index contributed by atoms with van der Waals surface area (Å²) < 4.78 is 51.7. The van der Waals surface area contributed by atoms with Crippen molar-refractivity contribution < 1.29 is 133 Å². The van der Waals surface area contributed by atoms with Gasteiger partial charge in [0, 0.05) is 126 Å². The van der Waals surface area contributed by atoms with Crippen LogP contribution in [0.5, 0.6) is 51.7 Å². The Kier molecular flexibility index (Phi) is 21.7. The summed E-state index contributed by atoms with van der Waals surface area (Å²) in [4.78, 5) is 80.2. The van der Waals surface area contributed by atoms with Crippen LogP contribution in [-0.4, -0.2) is 213 Å².